The van der Waals surface area contributed by atoms with Gasteiger partial charge in [-0.2, -0.15) is 10.1 Å². The maximum atomic E-state index is 12.7. The quantitative estimate of drug-likeness (QED) is 0.482. The Hall–Kier alpha value is -2.69. The fourth-order valence-corrected chi connectivity index (χ4v) is 4.83. The van der Waals surface area contributed by atoms with Gasteiger partial charge in [0.1, 0.15) is 0 Å². The van der Waals surface area contributed by atoms with Crippen molar-refractivity contribution in [3.63, 3.8) is 0 Å². The maximum Gasteiger partial charge on any atom is 0.254 e. The molecule has 2 aliphatic carbocycles. The van der Waals surface area contributed by atoms with Gasteiger partial charge in [0.05, 0.1) is 18.1 Å². The molecule has 2 amide bonds. The third-order valence-electron chi connectivity index (χ3n) is 6.20. The summed E-state index contributed by atoms with van der Waals surface area (Å²) >= 11 is 0. The molecule has 1 aliphatic heterocycles. The highest BCUT2D eigenvalue weighted by molar-refractivity contribution is 6.08. The van der Waals surface area contributed by atoms with Crippen LogP contribution in [-0.2, 0) is 16.6 Å². The molecule has 1 aromatic carbocycles. The van der Waals surface area contributed by atoms with Crippen LogP contribution in [0.2, 0.25) is 0 Å². The van der Waals surface area contributed by atoms with E-state index < -0.39 is 0 Å². The van der Waals surface area contributed by atoms with Gasteiger partial charge in [0.2, 0.25) is 0 Å². The van der Waals surface area contributed by atoms with Crippen LogP contribution in [0.25, 0.3) is 10.9 Å². The van der Waals surface area contributed by atoms with E-state index in [0.717, 1.165) is 33.6 Å². The fourth-order valence-electron chi connectivity index (χ4n) is 4.83. The van der Waals surface area contributed by atoms with Crippen molar-refractivity contribution in [2.24, 2.45) is 35.8 Å². The van der Waals surface area contributed by atoms with Crippen molar-refractivity contribution in [2.75, 3.05) is 0 Å². The average molecular weight is 333 g/mol. The van der Waals surface area contributed by atoms with Crippen LogP contribution in [0.15, 0.2) is 41.5 Å². The minimum Gasteiger partial charge on any atom is -0.347 e. The van der Waals surface area contributed by atoms with E-state index in [4.69, 9.17) is 0 Å². The Morgan fingerprint density at radius 2 is 1.72 bits per heavy atom. The Kier molecular flexibility index (Phi) is 2.87. The highest BCUT2D eigenvalue weighted by Gasteiger charge is 2.59. The smallest absolute Gasteiger partial charge is 0.254 e. The van der Waals surface area contributed by atoms with Crippen molar-refractivity contribution in [2.45, 2.75) is 13.3 Å². The molecule has 2 aromatic rings. The number of rotatable bonds is 2. The molecule has 5 heteroatoms. The molecular weight excluding hydrogens is 314 g/mol. The molecule has 0 N–H and O–H groups in total. The average Bonchev–Trinajstić information content (AvgIpc) is 3.34. The number of carbonyl (C=O) groups excluding carboxylic acids is 2. The largest absolute Gasteiger partial charge is 0.347 e. The monoisotopic (exact) mass is 333 g/mol. The Morgan fingerprint density at radius 3 is 2.40 bits per heavy atom. The second-order valence-corrected chi connectivity index (χ2v) is 7.31. The van der Waals surface area contributed by atoms with Crippen LogP contribution >= 0.6 is 0 Å². The minimum absolute atomic E-state index is 0.138. The Labute approximate surface area is 145 Å². The van der Waals surface area contributed by atoms with Crippen LogP contribution in [0.3, 0.4) is 0 Å². The van der Waals surface area contributed by atoms with Crippen LogP contribution in [-0.4, -0.2) is 27.6 Å². The van der Waals surface area contributed by atoms with Gasteiger partial charge in [0.25, 0.3) is 11.8 Å². The molecule has 1 saturated carbocycles. The van der Waals surface area contributed by atoms with Crippen LogP contribution < -0.4 is 0 Å². The van der Waals surface area contributed by atoms with E-state index in [1.165, 1.54) is 0 Å². The first kappa shape index (κ1) is 14.6. The third-order valence-corrected chi connectivity index (χ3v) is 6.20. The minimum atomic E-state index is -0.201. The Balaban J connectivity index is 1.52. The van der Waals surface area contributed by atoms with Gasteiger partial charge < -0.3 is 4.57 Å². The summed E-state index contributed by atoms with van der Waals surface area (Å²) in [6.07, 6.45) is 6.80. The lowest BCUT2D eigenvalue weighted by molar-refractivity contribution is -0.140. The highest BCUT2D eigenvalue weighted by Crippen LogP contribution is 2.52. The molecule has 3 aliphatic rings. The maximum absolute atomic E-state index is 12.7. The zero-order valence-electron chi connectivity index (χ0n) is 14.2. The van der Waals surface area contributed by atoms with Crippen molar-refractivity contribution in [3.05, 3.63) is 47.7 Å². The second-order valence-electron chi connectivity index (χ2n) is 7.31. The summed E-state index contributed by atoms with van der Waals surface area (Å²) in [5.74, 6) is -0.250. The predicted octanol–water partition coefficient (Wildman–Crippen LogP) is 2.63. The summed E-state index contributed by atoms with van der Waals surface area (Å²) in [6, 6.07) is 8.08. The number of allylic oxidation sites excluding steroid dienone is 2. The summed E-state index contributed by atoms with van der Waals surface area (Å²) in [7, 11) is 2.01. The number of hydrogen-bond donors (Lipinski definition) is 0. The lowest BCUT2D eigenvalue weighted by Crippen LogP contribution is -2.28. The van der Waals surface area contributed by atoms with Gasteiger partial charge in [-0.15, -0.1) is 0 Å². The van der Waals surface area contributed by atoms with E-state index in [9.17, 15) is 9.59 Å². The summed E-state index contributed by atoms with van der Waals surface area (Å²) in [5.41, 5.74) is 3.13. The van der Waals surface area contributed by atoms with Gasteiger partial charge in [-0.3, -0.25) is 9.59 Å². The van der Waals surface area contributed by atoms with E-state index >= 15 is 0 Å². The zero-order chi connectivity index (χ0) is 17.3. The summed E-state index contributed by atoms with van der Waals surface area (Å²) in [5, 5.41) is 6.52. The molecule has 1 saturated heterocycles. The molecule has 126 valence electrons. The predicted molar refractivity (Wildman–Crippen MR) is 94.8 cm³/mol. The van der Waals surface area contributed by atoms with Crippen molar-refractivity contribution in [1.82, 2.24) is 9.58 Å². The number of carbonyl (C=O) groups is 2. The van der Waals surface area contributed by atoms with Gasteiger partial charge in [0, 0.05) is 29.2 Å². The molecule has 2 bridgehead atoms. The molecule has 0 spiro atoms. The van der Waals surface area contributed by atoms with Crippen LogP contribution in [0.5, 0.6) is 0 Å². The van der Waals surface area contributed by atoms with Gasteiger partial charge in [-0.25, -0.2) is 0 Å². The molecule has 5 rings (SSSR count). The first-order valence-electron chi connectivity index (χ1n) is 8.72. The van der Waals surface area contributed by atoms with E-state index in [1.807, 2.05) is 32.2 Å². The summed E-state index contributed by atoms with van der Waals surface area (Å²) < 4.78 is 2.10. The first-order valence-corrected chi connectivity index (χ1v) is 8.72. The fraction of sp³-hybridized carbons (Fsp3) is 0.350. The molecule has 5 nitrogen and oxygen atoms in total. The number of hydrazone groups is 1. The molecule has 2 heterocycles. The molecule has 2 fully saturated rings. The number of para-hydroxylation sites is 1. The van der Waals surface area contributed by atoms with Crippen LogP contribution in [0, 0.1) is 30.6 Å². The van der Waals surface area contributed by atoms with E-state index in [2.05, 4.69) is 27.9 Å². The Bertz CT molecular complexity index is 954. The van der Waals surface area contributed by atoms with Crippen molar-refractivity contribution >= 4 is 28.9 Å². The zero-order valence-corrected chi connectivity index (χ0v) is 14.2. The normalized spacial score (nSPS) is 30.4. The van der Waals surface area contributed by atoms with Gasteiger partial charge in [-0.1, -0.05) is 30.4 Å². The van der Waals surface area contributed by atoms with Crippen LogP contribution in [0.4, 0.5) is 0 Å². The van der Waals surface area contributed by atoms with Crippen molar-refractivity contribution in [1.29, 1.82) is 0 Å². The van der Waals surface area contributed by atoms with E-state index in [-0.39, 0.29) is 35.5 Å². The molecule has 0 unspecified atom stereocenters. The standard InChI is InChI=1S/C20H19N3O2/c1-11-15(14-5-3-4-6-16(14)22(11)2)10-21-23-19(24)17-12-7-8-13(9-12)18(17)20(23)25/h3-8,10,12-13,17-18H,9H2,1-2H3/b21-10-/t12-,13-,17-,18+/m0/s1. The number of fused-ring (bicyclic) bond motifs is 6. The summed E-state index contributed by atoms with van der Waals surface area (Å²) in [4.78, 5) is 25.4. The topological polar surface area (TPSA) is 54.7 Å². The number of imide groups is 1. The number of benzene rings is 1. The van der Waals surface area contributed by atoms with Crippen molar-refractivity contribution < 1.29 is 9.59 Å². The molecule has 25 heavy (non-hydrogen) atoms. The highest BCUT2D eigenvalue weighted by atomic mass is 16.2. The van der Waals surface area contributed by atoms with Gasteiger partial charge in [0.15, 0.2) is 0 Å². The number of aromatic nitrogens is 1. The third kappa shape index (κ3) is 1.81. The first-order chi connectivity index (χ1) is 12.1. The van der Waals surface area contributed by atoms with Crippen molar-refractivity contribution in [3.8, 4) is 0 Å². The second kappa shape index (κ2) is 4.91. The SMILES string of the molecule is Cc1c(/C=N\N2C(=O)[C@@H]3[C@H](C2=O)[C@H]2C=C[C@H]3C2)c2ccccc2n1C. The number of nitrogens with zero attached hydrogens (tertiary/aromatic N) is 3. The molecule has 1 aromatic heterocycles. The van der Waals surface area contributed by atoms with Crippen LogP contribution in [0.1, 0.15) is 17.7 Å². The van der Waals surface area contributed by atoms with E-state index in [0.29, 0.717) is 0 Å². The summed E-state index contributed by atoms with van der Waals surface area (Å²) in [6.45, 7) is 2.02. The number of hydrogen-bond acceptors (Lipinski definition) is 3. The molecular formula is C20H19N3O2. The lowest BCUT2D eigenvalue weighted by Gasteiger charge is -2.13. The lowest BCUT2D eigenvalue weighted by atomic mass is 9.85. The van der Waals surface area contributed by atoms with Gasteiger partial charge >= 0.3 is 0 Å². The molecule has 4 atom stereocenters. The molecule has 0 radical (unpaired) electrons. The van der Waals surface area contributed by atoms with Gasteiger partial charge in [-0.05, 0) is 31.2 Å². The number of aryl methyl sites for hydroxylation is 1. The Morgan fingerprint density at radius 1 is 1.08 bits per heavy atom. The van der Waals surface area contributed by atoms with E-state index in [1.54, 1.807) is 6.21 Å². The number of amides is 2.